The van der Waals surface area contributed by atoms with E-state index in [0.717, 1.165) is 24.3 Å². The second-order valence-corrected chi connectivity index (χ2v) is 6.66. The molecule has 4 aromatic rings. The van der Waals surface area contributed by atoms with E-state index in [1.165, 1.54) is 0 Å². The van der Waals surface area contributed by atoms with Crippen molar-refractivity contribution in [3.63, 3.8) is 0 Å². The highest BCUT2D eigenvalue weighted by molar-refractivity contribution is 5.93. The molecule has 9 nitrogen and oxygen atoms in total. The highest BCUT2D eigenvalue weighted by atomic mass is 16.5. The normalized spacial score (nSPS) is 16.6. The number of aromatic nitrogens is 5. The summed E-state index contributed by atoms with van der Waals surface area (Å²) in [5, 5.41) is 15.0. The average molecular weight is 375 g/mol. The van der Waals surface area contributed by atoms with Crippen LogP contribution in [0.15, 0.2) is 59.6 Å². The van der Waals surface area contributed by atoms with Crippen LogP contribution < -0.4 is 10.2 Å². The van der Waals surface area contributed by atoms with Gasteiger partial charge in [-0.05, 0) is 6.42 Å². The van der Waals surface area contributed by atoms with Gasteiger partial charge in [-0.3, -0.25) is 9.20 Å². The lowest BCUT2D eigenvalue weighted by atomic mass is 10.1. The van der Waals surface area contributed by atoms with Crippen molar-refractivity contribution < 1.29 is 9.32 Å². The fourth-order valence-corrected chi connectivity index (χ4v) is 3.42. The molecule has 0 bridgehead atoms. The van der Waals surface area contributed by atoms with Crippen LogP contribution in [0, 0.1) is 0 Å². The SMILES string of the molecule is O=C(NC1CCN(c2nccn3cnnc23)C1)c1cc(-c2ccccc2)on1. The lowest BCUT2D eigenvalue weighted by Crippen LogP contribution is -2.37. The van der Waals surface area contributed by atoms with Gasteiger partial charge in [-0.1, -0.05) is 35.5 Å². The molecule has 3 aromatic heterocycles. The Balaban J connectivity index is 1.27. The van der Waals surface area contributed by atoms with E-state index >= 15 is 0 Å². The molecule has 1 amide bonds. The van der Waals surface area contributed by atoms with Crippen molar-refractivity contribution in [2.24, 2.45) is 0 Å². The molecular formula is C19H17N7O2. The molecule has 5 rings (SSSR count). The Morgan fingerprint density at radius 3 is 3.04 bits per heavy atom. The summed E-state index contributed by atoms with van der Waals surface area (Å²) >= 11 is 0. The monoisotopic (exact) mass is 375 g/mol. The zero-order chi connectivity index (χ0) is 18.9. The fraction of sp³-hybridized carbons (Fsp3) is 0.211. The van der Waals surface area contributed by atoms with Crippen molar-refractivity contribution in [2.45, 2.75) is 12.5 Å². The summed E-state index contributed by atoms with van der Waals surface area (Å²) in [6.45, 7) is 1.42. The molecule has 1 N–H and O–H groups in total. The van der Waals surface area contributed by atoms with Crippen LogP contribution in [0.25, 0.3) is 17.0 Å². The van der Waals surface area contributed by atoms with Gasteiger partial charge in [-0.25, -0.2) is 4.98 Å². The van der Waals surface area contributed by atoms with Gasteiger partial charge in [0, 0.05) is 43.2 Å². The van der Waals surface area contributed by atoms with Crippen molar-refractivity contribution in [3.05, 3.63) is 60.8 Å². The van der Waals surface area contributed by atoms with Crippen molar-refractivity contribution in [2.75, 3.05) is 18.0 Å². The predicted molar refractivity (Wildman–Crippen MR) is 101 cm³/mol. The summed E-state index contributed by atoms with van der Waals surface area (Å²) in [5.41, 5.74) is 1.86. The van der Waals surface area contributed by atoms with Gasteiger partial charge in [0.15, 0.2) is 17.3 Å². The maximum atomic E-state index is 12.6. The molecule has 0 spiro atoms. The zero-order valence-electron chi connectivity index (χ0n) is 14.9. The van der Waals surface area contributed by atoms with Gasteiger partial charge in [0.25, 0.3) is 5.91 Å². The number of nitrogens with zero attached hydrogens (tertiary/aromatic N) is 6. The molecular weight excluding hydrogens is 358 g/mol. The maximum Gasteiger partial charge on any atom is 0.273 e. The van der Waals surface area contributed by atoms with E-state index in [1.807, 2.05) is 40.9 Å². The summed E-state index contributed by atoms with van der Waals surface area (Å²) < 4.78 is 7.14. The summed E-state index contributed by atoms with van der Waals surface area (Å²) in [5.74, 6) is 1.09. The second kappa shape index (κ2) is 6.76. The van der Waals surface area contributed by atoms with E-state index in [9.17, 15) is 4.79 Å². The van der Waals surface area contributed by atoms with Gasteiger partial charge in [-0.2, -0.15) is 0 Å². The van der Waals surface area contributed by atoms with Gasteiger partial charge in [0.1, 0.15) is 6.33 Å². The highest BCUT2D eigenvalue weighted by Gasteiger charge is 2.27. The quantitative estimate of drug-likeness (QED) is 0.580. The number of fused-ring (bicyclic) bond motifs is 1. The molecule has 1 saturated heterocycles. The first-order valence-corrected chi connectivity index (χ1v) is 9.00. The van der Waals surface area contributed by atoms with Crippen molar-refractivity contribution >= 4 is 17.4 Å². The number of hydrogen-bond acceptors (Lipinski definition) is 7. The van der Waals surface area contributed by atoms with Gasteiger partial charge < -0.3 is 14.7 Å². The molecule has 140 valence electrons. The van der Waals surface area contributed by atoms with E-state index in [0.29, 0.717) is 18.0 Å². The molecule has 0 aliphatic carbocycles. The minimum Gasteiger partial charge on any atom is -0.355 e. The Morgan fingerprint density at radius 2 is 2.14 bits per heavy atom. The molecule has 1 fully saturated rings. The molecule has 4 heterocycles. The van der Waals surface area contributed by atoms with Crippen LogP contribution in [0.1, 0.15) is 16.9 Å². The second-order valence-electron chi connectivity index (χ2n) is 6.66. The third-order valence-corrected chi connectivity index (χ3v) is 4.82. The van der Waals surface area contributed by atoms with E-state index in [4.69, 9.17) is 4.52 Å². The number of carbonyl (C=O) groups is 1. The molecule has 1 atom stereocenters. The standard InChI is InChI=1S/C19H17N7O2/c27-19(15-10-16(28-24-15)13-4-2-1-3-5-13)22-14-6-8-25(11-14)17-18-23-21-12-26(18)9-7-20-17/h1-5,7,9-10,12,14H,6,8,11H2,(H,22,27). The van der Waals surface area contributed by atoms with E-state index in [2.05, 4.69) is 30.6 Å². The fourth-order valence-electron chi connectivity index (χ4n) is 3.42. The molecule has 0 saturated carbocycles. The maximum absolute atomic E-state index is 12.6. The lowest BCUT2D eigenvalue weighted by Gasteiger charge is -2.17. The van der Waals surface area contributed by atoms with Gasteiger partial charge in [-0.15, -0.1) is 10.2 Å². The Hall–Kier alpha value is -3.75. The third-order valence-electron chi connectivity index (χ3n) is 4.82. The topological polar surface area (TPSA) is 101 Å². The number of nitrogens with one attached hydrogen (secondary N) is 1. The van der Waals surface area contributed by atoms with Crippen LogP contribution in [0.5, 0.6) is 0 Å². The smallest absolute Gasteiger partial charge is 0.273 e. The molecule has 1 aliphatic rings. The number of benzene rings is 1. The lowest BCUT2D eigenvalue weighted by molar-refractivity contribution is 0.0931. The minimum atomic E-state index is -0.244. The van der Waals surface area contributed by atoms with Crippen LogP contribution in [-0.4, -0.2) is 49.8 Å². The van der Waals surface area contributed by atoms with Crippen LogP contribution in [-0.2, 0) is 0 Å². The van der Waals surface area contributed by atoms with Crippen molar-refractivity contribution in [3.8, 4) is 11.3 Å². The number of hydrogen-bond donors (Lipinski definition) is 1. The number of anilines is 1. The molecule has 1 aromatic carbocycles. The first-order valence-electron chi connectivity index (χ1n) is 9.00. The highest BCUT2D eigenvalue weighted by Crippen LogP contribution is 2.22. The first kappa shape index (κ1) is 16.4. The first-order chi connectivity index (χ1) is 13.8. The summed E-state index contributed by atoms with van der Waals surface area (Å²) in [4.78, 5) is 19.1. The number of carbonyl (C=O) groups excluding carboxylic acids is 1. The largest absolute Gasteiger partial charge is 0.355 e. The minimum absolute atomic E-state index is 0.00523. The summed E-state index contributed by atoms with van der Waals surface area (Å²) in [6.07, 6.45) is 5.98. The zero-order valence-corrected chi connectivity index (χ0v) is 14.9. The van der Waals surface area contributed by atoms with Crippen LogP contribution in [0.3, 0.4) is 0 Å². The van der Waals surface area contributed by atoms with Crippen molar-refractivity contribution in [1.82, 2.24) is 30.1 Å². The molecule has 1 aliphatic heterocycles. The van der Waals surface area contributed by atoms with E-state index in [1.54, 1.807) is 18.6 Å². The van der Waals surface area contributed by atoms with Crippen LogP contribution in [0.4, 0.5) is 5.82 Å². The van der Waals surface area contributed by atoms with Gasteiger partial charge in [0.05, 0.1) is 0 Å². The van der Waals surface area contributed by atoms with E-state index in [-0.39, 0.29) is 17.6 Å². The summed E-state index contributed by atoms with van der Waals surface area (Å²) in [7, 11) is 0. The average Bonchev–Trinajstić information content (AvgIpc) is 3.48. The summed E-state index contributed by atoms with van der Waals surface area (Å²) in [6, 6.07) is 11.2. The Kier molecular flexibility index (Phi) is 3.97. The third kappa shape index (κ3) is 2.96. The van der Waals surface area contributed by atoms with Crippen LogP contribution >= 0.6 is 0 Å². The van der Waals surface area contributed by atoms with Crippen molar-refractivity contribution in [1.29, 1.82) is 0 Å². The van der Waals surface area contributed by atoms with Gasteiger partial charge >= 0.3 is 0 Å². The Bertz CT molecular complexity index is 1120. The molecule has 1 unspecified atom stereocenters. The number of rotatable bonds is 4. The molecule has 9 heteroatoms. The van der Waals surface area contributed by atoms with E-state index < -0.39 is 0 Å². The number of amides is 1. The Morgan fingerprint density at radius 1 is 1.25 bits per heavy atom. The predicted octanol–water partition coefficient (Wildman–Crippen LogP) is 1.79. The molecule has 0 radical (unpaired) electrons. The van der Waals surface area contributed by atoms with Gasteiger partial charge in [0.2, 0.25) is 5.65 Å². The Labute approximate surface area is 160 Å². The molecule has 28 heavy (non-hydrogen) atoms. The van der Waals surface area contributed by atoms with Crippen LogP contribution in [0.2, 0.25) is 0 Å².